The van der Waals surface area contributed by atoms with Gasteiger partial charge in [0.1, 0.15) is 6.54 Å². The zero-order valence-electron chi connectivity index (χ0n) is 10.2. The van der Waals surface area contributed by atoms with E-state index in [1.54, 1.807) is 11.6 Å². The Hall–Kier alpha value is -1.61. The third-order valence-electron chi connectivity index (χ3n) is 1.68. The van der Waals surface area contributed by atoms with Crippen molar-refractivity contribution < 1.29 is 27.5 Å². The monoisotopic (exact) mass is 280 g/mol. The number of esters is 1. The number of nitrogens with zero attached hydrogens (tertiary/aromatic N) is 1. The predicted octanol–water partition coefficient (Wildman–Crippen LogP) is -0.362. The summed E-state index contributed by atoms with van der Waals surface area (Å²) in [6, 6.07) is 0. The molecule has 18 heavy (non-hydrogen) atoms. The van der Waals surface area contributed by atoms with Crippen molar-refractivity contribution >= 4 is 22.3 Å². The fourth-order valence-corrected chi connectivity index (χ4v) is 1.95. The number of carbonyl (C=O) groups is 2. The largest absolute Gasteiger partial charge is 0.465 e. The van der Waals surface area contributed by atoms with Crippen LogP contribution in [-0.2, 0) is 24.5 Å². The first-order chi connectivity index (χ1) is 8.37. The number of carbonyl (C=O) groups excluding carboxylic acids is 2. The molecule has 0 aliphatic rings. The van der Waals surface area contributed by atoms with Gasteiger partial charge in [0, 0.05) is 6.54 Å². The van der Waals surface area contributed by atoms with Gasteiger partial charge in [0.15, 0.2) is 0 Å². The summed E-state index contributed by atoms with van der Waals surface area (Å²) in [5, 5.41) is 0. The Kier molecular flexibility index (Phi) is 6.98. The Bertz CT molecular complexity index is 405. The van der Waals surface area contributed by atoms with Gasteiger partial charge < -0.3 is 9.47 Å². The van der Waals surface area contributed by atoms with Crippen molar-refractivity contribution in [3.8, 4) is 0 Å². The Morgan fingerprint density at radius 3 is 2.50 bits per heavy atom. The standard InChI is InChI=1S/C9H16N2O6S/c1-4-6-11(7-8(12)17-5-2)18(14,15)10-9(13)16-3/h4H,1,5-7H2,2-3H3,(H,10,13). The van der Waals surface area contributed by atoms with E-state index in [1.165, 1.54) is 6.08 Å². The van der Waals surface area contributed by atoms with E-state index >= 15 is 0 Å². The molecule has 0 bridgehead atoms. The molecule has 0 fully saturated rings. The lowest BCUT2D eigenvalue weighted by molar-refractivity contribution is -0.143. The highest BCUT2D eigenvalue weighted by Crippen LogP contribution is 1.99. The van der Waals surface area contributed by atoms with Crippen LogP contribution in [0, 0.1) is 0 Å². The maximum atomic E-state index is 11.7. The van der Waals surface area contributed by atoms with E-state index in [0.29, 0.717) is 4.31 Å². The average Bonchev–Trinajstić information content (AvgIpc) is 2.28. The molecular weight excluding hydrogens is 264 g/mol. The van der Waals surface area contributed by atoms with Crippen LogP contribution in [0.5, 0.6) is 0 Å². The van der Waals surface area contributed by atoms with Crippen molar-refractivity contribution in [2.75, 3.05) is 26.8 Å². The lowest BCUT2D eigenvalue weighted by atomic mass is 10.5. The summed E-state index contributed by atoms with van der Waals surface area (Å²) < 4.78 is 34.5. The molecule has 0 aliphatic carbocycles. The number of hydrogen-bond donors (Lipinski definition) is 1. The SMILES string of the molecule is C=CCN(CC(=O)OCC)S(=O)(=O)NC(=O)OC. The molecule has 1 N–H and O–H groups in total. The molecule has 0 rings (SSSR count). The first-order valence-electron chi connectivity index (χ1n) is 4.99. The Labute approximate surface area is 106 Å². The second kappa shape index (κ2) is 7.67. The minimum absolute atomic E-state index is 0.130. The van der Waals surface area contributed by atoms with Crippen LogP contribution in [0.3, 0.4) is 0 Å². The lowest BCUT2D eigenvalue weighted by Crippen LogP contribution is -2.45. The summed E-state index contributed by atoms with van der Waals surface area (Å²) in [6.07, 6.45) is 0.128. The van der Waals surface area contributed by atoms with Gasteiger partial charge >= 0.3 is 22.3 Å². The molecule has 8 nitrogen and oxygen atoms in total. The third kappa shape index (κ3) is 5.64. The molecule has 0 aromatic heterocycles. The summed E-state index contributed by atoms with van der Waals surface area (Å²) >= 11 is 0. The number of amides is 1. The van der Waals surface area contributed by atoms with E-state index < -0.39 is 28.8 Å². The normalized spacial score (nSPS) is 10.8. The van der Waals surface area contributed by atoms with Crippen molar-refractivity contribution in [3.05, 3.63) is 12.7 Å². The first-order valence-corrected chi connectivity index (χ1v) is 6.43. The summed E-state index contributed by atoms with van der Waals surface area (Å²) in [5.74, 6) is -0.727. The van der Waals surface area contributed by atoms with Crippen LogP contribution in [0.15, 0.2) is 12.7 Å². The van der Waals surface area contributed by atoms with E-state index in [-0.39, 0.29) is 13.2 Å². The van der Waals surface area contributed by atoms with Gasteiger partial charge in [-0.25, -0.2) is 9.52 Å². The minimum atomic E-state index is -4.17. The first kappa shape index (κ1) is 16.4. The number of methoxy groups -OCH3 is 1. The van der Waals surface area contributed by atoms with Crippen LogP contribution < -0.4 is 4.72 Å². The number of rotatable bonds is 7. The maximum absolute atomic E-state index is 11.7. The molecule has 0 saturated carbocycles. The molecule has 0 aromatic rings. The highest BCUT2D eigenvalue weighted by atomic mass is 32.2. The van der Waals surface area contributed by atoms with E-state index in [2.05, 4.69) is 16.1 Å². The molecule has 104 valence electrons. The molecule has 0 saturated heterocycles. The summed E-state index contributed by atoms with van der Waals surface area (Å²) in [4.78, 5) is 22.1. The van der Waals surface area contributed by atoms with E-state index in [4.69, 9.17) is 0 Å². The van der Waals surface area contributed by atoms with Gasteiger partial charge in [-0.05, 0) is 6.92 Å². The highest BCUT2D eigenvalue weighted by molar-refractivity contribution is 7.87. The van der Waals surface area contributed by atoms with Gasteiger partial charge in [-0.1, -0.05) is 6.08 Å². The van der Waals surface area contributed by atoms with Gasteiger partial charge in [0.2, 0.25) is 0 Å². The number of ether oxygens (including phenoxy) is 2. The van der Waals surface area contributed by atoms with Crippen molar-refractivity contribution in [1.82, 2.24) is 9.03 Å². The fraction of sp³-hybridized carbons (Fsp3) is 0.556. The zero-order valence-corrected chi connectivity index (χ0v) is 11.0. The van der Waals surface area contributed by atoms with Crippen LogP contribution in [0.2, 0.25) is 0 Å². The summed E-state index contributed by atoms with van der Waals surface area (Å²) in [6.45, 7) is 4.42. The second-order valence-electron chi connectivity index (χ2n) is 2.98. The van der Waals surface area contributed by atoms with Crippen molar-refractivity contribution in [1.29, 1.82) is 0 Å². The highest BCUT2D eigenvalue weighted by Gasteiger charge is 2.26. The van der Waals surface area contributed by atoms with Gasteiger partial charge in [-0.2, -0.15) is 12.7 Å². The lowest BCUT2D eigenvalue weighted by Gasteiger charge is -2.19. The molecule has 1 amide bonds. The maximum Gasteiger partial charge on any atom is 0.421 e. The van der Waals surface area contributed by atoms with Gasteiger partial charge in [0.25, 0.3) is 0 Å². The minimum Gasteiger partial charge on any atom is -0.465 e. The van der Waals surface area contributed by atoms with Gasteiger partial charge in [0.05, 0.1) is 13.7 Å². The Balaban J connectivity index is 4.81. The molecule has 0 aliphatic heterocycles. The van der Waals surface area contributed by atoms with Crippen LogP contribution in [-0.4, -0.2) is 51.6 Å². The molecule has 0 unspecified atom stereocenters. The Morgan fingerprint density at radius 2 is 2.06 bits per heavy atom. The molecule has 9 heteroatoms. The zero-order chi connectivity index (χ0) is 14.2. The number of hydrogen-bond acceptors (Lipinski definition) is 6. The van der Waals surface area contributed by atoms with Crippen LogP contribution in [0.25, 0.3) is 0 Å². The molecule has 0 heterocycles. The Morgan fingerprint density at radius 1 is 1.44 bits per heavy atom. The molecule has 0 aromatic carbocycles. The van der Waals surface area contributed by atoms with E-state index in [0.717, 1.165) is 7.11 Å². The van der Waals surface area contributed by atoms with Crippen LogP contribution >= 0.6 is 0 Å². The molecule has 0 spiro atoms. The smallest absolute Gasteiger partial charge is 0.421 e. The van der Waals surface area contributed by atoms with Crippen LogP contribution in [0.4, 0.5) is 4.79 Å². The average molecular weight is 280 g/mol. The van der Waals surface area contributed by atoms with E-state index in [9.17, 15) is 18.0 Å². The number of nitrogens with one attached hydrogen (secondary N) is 1. The second-order valence-corrected chi connectivity index (χ2v) is 4.66. The van der Waals surface area contributed by atoms with Crippen molar-refractivity contribution in [2.45, 2.75) is 6.92 Å². The quantitative estimate of drug-likeness (QED) is 0.504. The fourth-order valence-electron chi connectivity index (χ4n) is 0.954. The predicted molar refractivity (Wildman–Crippen MR) is 62.9 cm³/mol. The van der Waals surface area contributed by atoms with E-state index in [1.807, 2.05) is 0 Å². The summed E-state index contributed by atoms with van der Waals surface area (Å²) in [5.41, 5.74) is 0. The van der Waals surface area contributed by atoms with Gasteiger partial charge in [-0.15, -0.1) is 6.58 Å². The topological polar surface area (TPSA) is 102 Å². The van der Waals surface area contributed by atoms with Crippen molar-refractivity contribution in [2.24, 2.45) is 0 Å². The molecular formula is C9H16N2O6S. The van der Waals surface area contributed by atoms with Crippen LogP contribution in [0.1, 0.15) is 6.92 Å². The molecule has 0 radical (unpaired) electrons. The molecule has 0 atom stereocenters. The third-order valence-corrected chi connectivity index (χ3v) is 3.06. The van der Waals surface area contributed by atoms with Gasteiger partial charge in [-0.3, -0.25) is 4.79 Å². The van der Waals surface area contributed by atoms with Crippen molar-refractivity contribution in [3.63, 3.8) is 0 Å². The summed E-state index contributed by atoms with van der Waals surface area (Å²) in [7, 11) is -3.15.